The predicted molar refractivity (Wildman–Crippen MR) is 96.1 cm³/mol. The highest BCUT2D eigenvalue weighted by molar-refractivity contribution is 8.00. The molecule has 0 saturated heterocycles. The van der Waals surface area contributed by atoms with Gasteiger partial charge in [-0.1, -0.05) is 6.07 Å². The van der Waals surface area contributed by atoms with Crippen molar-refractivity contribution in [3.63, 3.8) is 0 Å². The van der Waals surface area contributed by atoms with E-state index in [4.69, 9.17) is 4.74 Å². The van der Waals surface area contributed by atoms with Crippen molar-refractivity contribution in [3.8, 4) is 11.4 Å². The van der Waals surface area contributed by atoms with Crippen LogP contribution in [0, 0.1) is 0 Å². The monoisotopic (exact) mass is 355 g/mol. The molecule has 8 heteroatoms. The number of rotatable bonds is 7. The van der Waals surface area contributed by atoms with Crippen LogP contribution in [0.4, 0.5) is 5.69 Å². The molecule has 0 saturated carbocycles. The topological polar surface area (TPSA) is 81.9 Å². The van der Waals surface area contributed by atoms with Crippen LogP contribution in [0.2, 0.25) is 0 Å². The maximum absolute atomic E-state index is 12.1. The molecule has 0 fully saturated rings. The third-order valence-corrected chi connectivity index (χ3v) is 4.26. The van der Waals surface area contributed by atoms with E-state index in [0.29, 0.717) is 18.0 Å². The number of aromatic nitrogens is 4. The molecule has 0 aliphatic rings. The number of nitrogens with zero attached hydrogens (tertiary/aromatic N) is 4. The molecular formula is C17H17N5O2S. The molecule has 0 aliphatic carbocycles. The van der Waals surface area contributed by atoms with Gasteiger partial charge in [0.05, 0.1) is 18.0 Å². The molecule has 0 aliphatic heterocycles. The van der Waals surface area contributed by atoms with E-state index in [-0.39, 0.29) is 5.91 Å². The van der Waals surface area contributed by atoms with Gasteiger partial charge in [0.15, 0.2) is 0 Å². The van der Waals surface area contributed by atoms with Crippen LogP contribution in [0.1, 0.15) is 6.92 Å². The van der Waals surface area contributed by atoms with E-state index in [1.165, 1.54) is 22.8 Å². The zero-order valence-corrected chi connectivity index (χ0v) is 14.4. The summed E-state index contributed by atoms with van der Waals surface area (Å²) in [6.07, 6.45) is 1.50. The molecule has 1 N–H and O–H groups in total. The Morgan fingerprint density at radius 2 is 2.08 bits per heavy atom. The molecule has 0 atom stereocenters. The molecule has 128 valence electrons. The highest BCUT2D eigenvalue weighted by atomic mass is 32.2. The number of benzene rings is 2. The second-order valence-corrected chi connectivity index (χ2v) is 6.09. The number of anilines is 1. The molecule has 7 nitrogen and oxygen atoms in total. The van der Waals surface area contributed by atoms with Gasteiger partial charge in [-0.05, 0) is 59.8 Å². The smallest absolute Gasteiger partial charge is 0.234 e. The first kappa shape index (κ1) is 17.0. The number of amides is 1. The van der Waals surface area contributed by atoms with Gasteiger partial charge in [-0.3, -0.25) is 4.79 Å². The number of thioether (sulfide) groups is 1. The van der Waals surface area contributed by atoms with Crippen molar-refractivity contribution in [3.05, 3.63) is 54.9 Å². The zero-order chi connectivity index (χ0) is 17.5. The SMILES string of the molecule is CCOc1ccc(SCC(=O)Nc2cccc(-n3cnnn3)c2)cc1. The lowest BCUT2D eigenvalue weighted by Crippen LogP contribution is -2.14. The summed E-state index contributed by atoms with van der Waals surface area (Å²) in [6, 6.07) is 15.0. The molecule has 1 heterocycles. The Kier molecular flexibility index (Phi) is 5.63. The quantitative estimate of drug-likeness (QED) is 0.656. The number of hydrogen-bond donors (Lipinski definition) is 1. The van der Waals surface area contributed by atoms with Gasteiger partial charge >= 0.3 is 0 Å². The first-order valence-corrected chi connectivity index (χ1v) is 8.72. The van der Waals surface area contributed by atoms with Crippen molar-refractivity contribution in [2.75, 3.05) is 17.7 Å². The molecule has 1 amide bonds. The summed E-state index contributed by atoms with van der Waals surface area (Å²) >= 11 is 1.47. The molecule has 1 aromatic heterocycles. The molecule has 3 rings (SSSR count). The summed E-state index contributed by atoms with van der Waals surface area (Å²) in [5.74, 6) is 1.08. The van der Waals surface area contributed by atoms with Gasteiger partial charge in [0.25, 0.3) is 0 Å². The maximum atomic E-state index is 12.1. The van der Waals surface area contributed by atoms with Crippen LogP contribution in [0.25, 0.3) is 5.69 Å². The van der Waals surface area contributed by atoms with Gasteiger partial charge in [-0.2, -0.15) is 0 Å². The van der Waals surface area contributed by atoms with Crippen LogP contribution in [0.3, 0.4) is 0 Å². The van der Waals surface area contributed by atoms with E-state index in [1.807, 2.05) is 55.5 Å². The van der Waals surface area contributed by atoms with Crippen molar-refractivity contribution >= 4 is 23.4 Å². The fraction of sp³-hybridized carbons (Fsp3) is 0.176. The third kappa shape index (κ3) is 4.80. The van der Waals surface area contributed by atoms with E-state index >= 15 is 0 Å². The summed E-state index contributed by atoms with van der Waals surface area (Å²) in [5, 5.41) is 13.9. The fourth-order valence-corrected chi connectivity index (χ4v) is 2.85. The van der Waals surface area contributed by atoms with Crippen LogP contribution in [-0.2, 0) is 4.79 Å². The molecule has 0 spiro atoms. The normalized spacial score (nSPS) is 10.4. The van der Waals surface area contributed by atoms with Gasteiger partial charge < -0.3 is 10.1 Å². The van der Waals surface area contributed by atoms with Crippen LogP contribution in [0.5, 0.6) is 5.75 Å². The summed E-state index contributed by atoms with van der Waals surface area (Å²) in [4.78, 5) is 13.2. The van der Waals surface area contributed by atoms with Crippen molar-refractivity contribution in [1.82, 2.24) is 20.2 Å². The van der Waals surface area contributed by atoms with Crippen molar-refractivity contribution < 1.29 is 9.53 Å². The van der Waals surface area contributed by atoms with Gasteiger partial charge in [0.2, 0.25) is 5.91 Å². The second kappa shape index (κ2) is 8.29. The molecule has 0 bridgehead atoms. The molecule has 25 heavy (non-hydrogen) atoms. The van der Waals surface area contributed by atoms with E-state index in [2.05, 4.69) is 20.8 Å². The van der Waals surface area contributed by atoms with Crippen LogP contribution >= 0.6 is 11.8 Å². The Bertz CT molecular complexity index is 821. The molecule has 3 aromatic rings. The Labute approximate surface area is 149 Å². The number of nitrogens with one attached hydrogen (secondary N) is 1. The highest BCUT2D eigenvalue weighted by Crippen LogP contribution is 2.22. The molecule has 2 aromatic carbocycles. The minimum Gasteiger partial charge on any atom is -0.494 e. The average molecular weight is 355 g/mol. The highest BCUT2D eigenvalue weighted by Gasteiger charge is 2.06. The number of tetrazole rings is 1. The van der Waals surface area contributed by atoms with Crippen molar-refractivity contribution in [1.29, 1.82) is 0 Å². The Hall–Kier alpha value is -2.87. The number of ether oxygens (including phenoxy) is 1. The standard InChI is InChI=1S/C17H17N5O2S/c1-2-24-15-6-8-16(9-7-15)25-11-17(23)19-13-4-3-5-14(10-13)22-12-18-20-21-22/h3-10,12H,2,11H2,1H3,(H,19,23). The molecule has 0 radical (unpaired) electrons. The Morgan fingerprint density at radius 1 is 1.24 bits per heavy atom. The average Bonchev–Trinajstić information content (AvgIpc) is 3.16. The van der Waals surface area contributed by atoms with Crippen LogP contribution in [0.15, 0.2) is 59.8 Å². The van der Waals surface area contributed by atoms with Crippen molar-refractivity contribution in [2.24, 2.45) is 0 Å². The zero-order valence-electron chi connectivity index (χ0n) is 13.6. The van der Waals surface area contributed by atoms with Gasteiger partial charge in [0.1, 0.15) is 12.1 Å². The largest absolute Gasteiger partial charge is 0.494 e. The van der Waals surface area contributed by atoms with E-state index < -0.39 is 0 Å². The van der Waals surface area contributed by atoms with Crippen LogP contribution in [-0.4, -0.2) is 38.5 Å². The van der Waals surface area contributed by atoms with Crippen LogP contribution < -0.4 is 10.1 Å². The number of carbonyl (C=O) groups excluding carboxylic acids is 1. The van der Waals surface area contributed by atoms with Crippen molar-refractivity contribution in [2.45, 2.75) is 11.8 Å². The minimum absolute atomic E-state index is 0.0762. The second-order valence-electron chi connectivity index (χ2n) is 5.05. The Balaban J connectivity index is 1.55. The Morgan fingerprint density at radius 3 is 2.80 bits per heavy atom. The lowest BCUT2D eigenvalue weighted by atomic mass is 10.3. The summed E-state index contributed by atoms with van der Waals surface area (Å²) in [7, 11) is 0. The predicted octanol–water partition coefficient (Wildman–Crippen LogP) is 2.79. The minimum atomic E-state index is -0.0762. The summed E-state index contributed by atoms with van der Waals surface area (Å²) < 4.78 is 6.93. The first-order chi connectivity index (χ1) is 12.2. The number of hydrogen-bond acceptors (Lipinski definition) is 6. The lowest BCUT2D eigenvalue weighted by molar-refractivity contribution is -0.113. The fourth-order valence-electron chi connectivity index (χ4n) is 2.15. The molecular weight excluding hydrogens is 338 g/mol. The summed E-state index contributed by atoms with van der Waals surface area (Å²) in [5.41, 5.74) is 1.48. The van der Waals surface area contributed by atoms with Gasteiger partial charge in [0, 0.05) is 10.6 Å². The van der Waals surface area contributed by atoms with E-state index in [1.54, 1.807) is 0 Å². The summed E-state index contributed by atoms with van der Waals surface area (Å²) in [6.45, 7) is 2.58. The first-order valence-electron chi connectivity index (χ1n) is 7.73. The number of carbonyl (C=O) groups is 1. The van der Waals surface area contributed by atoms with Gasteiger partial charge in [-0.25, -0.2) is 4.68 Å². The van der Waals surface area contributed by atoms with E-state index in [9.17, 15) is 4.79 Å². The van der Waals surface area contributed by atoms with E-state index in [0.717, 1.165) is 16.3 Å². The lowest BCUT2D eigenvalue weighted by Gasteiger charge is -2.07. The molecule has 0 unspecified atom stereocenters. The third-order valence-electron chi connectivity index (χ3n) is 3.25. The van der Waals surface area contributed by atoms with Gasteiger partial charge in [-0.15, -0.1) is 16.9 Å². The maximum Gasteiger partial charge on any atom is 0.234 e.